The number of carbonyl (C=O) groups is 1. The summed E-state index contributed by atoms with van der Waals surface area (Å²) < 4.78 is 0. The van der Waals surface area contributed by atoms with Gasteiger partial charge in [0.05, 0.1) is 5.56 Å². The van der Waals surface area contributed by atoms with Crippen LogP contribution in [0.4, 0.5) is 0 Å². The summed E-state index contributed by atoms with van der Waals surface area (Å²) in [6.07, 6.45) is 5.42. The highest BCUT2D eigenvalue weighted by Crippen LogP contribution is 2.22. The van der Waals surface area contributed by atoms with E-state index in [-0.39, 0.29) is 5.91 Å². The topological polar surface area (TPSA) is 32.3 Å². The van der Waals surface area contributed by atoms with Crippen molar-refractivity contribution in [3.8, 4) is 0 Å². The summed E-state index contributed by atoms with van der Waals surface area (Å²) >= 11 is 1.64. The van der Waals surface area contributed by atoms with Gasteiger partial charge in [0.15, 0.2) is 0 Å². The second-order valence-corrected chi connectivity index (χ2v) is 6.09. The maximum Gasteiger partial charge on any atom is 0.255 e. The number of hydrogen-bond acceptors (Lipinski definition) is 3. The molecule has 20 heavy (non-hydrogen) atoms. The highest BCUT2D eigenvalue weighted by molar-refractivity contribution is 7.98. The fourth-order valence-corrected chi connectivity index (χ4v) is 3.31. The summed E-state index contributed by atoms with van der Waals surface area (Å²) in [6, 6.07) is 8.37. The first-order valence-electron chi connectivity index (χ1n) is 7.42. The van der Waals surface area contributed by atoms with Crippen molar-refractivity contribution in [3.05, 3.63) is 29.8 Å². The average Bonchev–Trinajstić information content (AvgIpc) is 2.99. The molecule has 0 bridgehead atoms. The van der Waals surface area contributed by atoms with Crippen molar-refractivity contribution < 1.29 is 4.79 Å². The summed E-state index contributed by atoms with van der Waals surface area (Å²) in [5.41, 5.74) is 0.839. The zero-order valence-electron chi connectivity index (χ0n) is 12.4. The SMILES string of the molecule is CCCN(CC1CCCN1)C(=O)c1ccccc1SC. The van der Waals surface area contributed by atoms with Crippen molar-refractivity contribution in [2.75, 3.05) is 25.9 Å². The molecule has 1 atom stereocenters. The second kappa shape index (κ2) is 7.70. The van der Waals surface area contributed by atoms with E-state index in [1.54, 1.807) is 11.8 Å². The molecule has 1 aromatic carbocycles. The minimum Gasteiger partial charge on any atom is -0.337 e. The molecule has 1 fully saturated rings. The van der Waals surface area contributed by atoms with E-state index in [2.05, 4.69) is 12.2 Å². The zero-order chi connectivity index (χ0) is 14.4. The lowest BCUT2D eigenvalue weighted by atomic mass is 10.1. The van der Waals surface area contributed by atoms with Gasteiger partial charge in [-0.3, -0.25) is 4.79 Å². The number of nitrogens with one attached hydrogen (secondary N) is 1. The van der Waals surface area contributed by atoms with Crippen LogP contribution < -0.4 is 5.32 Å². The summed E-state index contributed by atoms with van der Waals surface area (Å²) in [5, 5.41) is 3.48. The van der Waals surface area contributed by atoms with Gasteiger partial charge in [0.25, 0.3) is 5.91 Å². The fourth-order valence-electron chi connectivity index (χ4n) is 2.72. The Bertz CT molecular complexity index is 444. The van der Waals surface area contributed by atoms with E-state index in [1.807, 2.05) is 35.4 Å². The number of hydrogen-bond donors (Lipinski definition) is 1. The van der Waals surface area contributed by atoms with Gasteiger partial charge in [-0.2, -0.15) is 0 Å². The highest BCUT2D eigenvalue weighted by atomic mass is 32.2. The van der Waals surface area contributed by atoms with Crippen LogP contribution in [0.1, 0.15) is 36.5 Å². The van der Waals surface area contributed by atoms with E-state index in [4.69, 9.17) is 0 Å². The van der Waals surface area contributed by atoms with Gasteiger partial charge in [0, 0.05) is 24.0 Å². The number of rotatable bonds is 6. The molecule has 1 saturated heterocycles. The van der Waals surface area contributed by atoms with Gasteiger partial charge < -0.3 is 10.2 Å². The van der Waals surface area contributed by atoms with Crippen molar-refractivity contribution in [2.45, 2.75) is 37.1 Å². The normalized spacial score (nSPS) is 18.2. The summed E-state index contributed by atoms with van der Waals surface area (Å²) in [5.74, 6) is 0.172. The monoisotopic (exact) mass is 292 g/mol. The minimum atomic E-state index is 0.172. The lowest BCUT2D eigenvalue weighted by Crippen LogP contribution is -2.41. The number of amides is 1. The second-order valence-electron chi connectivity index (χ2n) is 5.24. The molecule has 1 heterocycles. The zero-order valence-corrected chi connectivity index (χ0v) is 13.2. The largest absolute Gasteiger partial charge is 0.337 e. The first kappa shape index (κ1) is 15.4. The first-order valence-corrected chi connectivity index (χ1v) is 8.64. The van der Waals surface area contributed by atoms with E-state index in [0.717, 1.165) is 36.5 Å². The molecule has 1 aliphatic heterocycles. The molecule has 0 aliphatic carbocycles. The summed E-state index contributed by atoms with van der Waals surface area (Å²) in [7, 11) is 0. The van der Waals surface area contributed by atoms with Crippen molar-refractivity contribution >= 4 is 17.7 Å². The molecular weight excluding hydrogens is 268 g/mol. The molecule has 1 aromatic rings. The third-order valence-electron chi connectivity index (χ3n) is 3.72. The lowest BCUT2D eigenvalue weighted by molar-refractivity contribution is 0.0738. The maximum absolute atomic E-state index is 12.8. The smallest absolute Gasteiger partial charge is 0.255 e. The Morgan fingerprint density at radius 2 is 2.25 bits per heavy atom. The molecular formula is C16H24N2OS. The van der Waals surface area contributed by atoms with Crippen molar-refractivity contribution in [1.29, 1.82) is 0 Å². The predicted octanol–water partition coefficient (Wildman–Crippen LogP) is 3.01. The van der Waals surface area contributed by atoms with Crippen LogP contribution in [0.15, 0.2) is 29.2 Å². The minimum absolute atomic E-state index is 0.172. The van der Waals surface area contributed by atoms with Gasteiger partial charge in [-0.15, -0.1) is 11.8 Å². The van der Waals surface area contributed by atoms with Crippen LogP contribution in [0.25, 0.3) is 0 Å². The molecule has 110 valence electrons. The van der Waals surface area contributed by atoms with Crippen molar-refractivity contribution in [3.63, 3.8) is 0 Å². The molecule has 0 radical (unpaired) electrons. The van der Waals surface area contributed by atoms with Crippen LogP contribution in [0, 0.1) is 0 Å². The van der Waals surface area contributed by atoms with Crippen LogP contribution >= 0.6 is 11.8 Å². The molecule has 1 unspecified atom stereocenters. The van der Waals surface area contributed by atoms with E-state index >= 15 is 0 Å². The average molecular weight is 292 g/mol. The molecule has 0 saturated carbocycles. The van der Waals surface area contributed by atoms with Gasteiger partial charge >= 0.3 is 0 Å². The fraction of sp³-hybridized carbons (Fsp3) is 0.562. The van der Waals surface area contributed by atoms with Crippen LogP contribution in [0.5, 0.6) is 0 Å². The molecule has 2 rings (SSSR count). The molecule has 1 aliphatic rings. The summed E-state index contributed by atoms with van der Waals surface area (Å²) in [4.78, 5) is 15.9. The number of carbonyl (C=O) groups excluding carboxylic acids is 1. The molecule has 3 nitrogen and oxygen atoms in total. The molecule has 0 aromatic heterocycles. The third-order valence-corrected chi connectivity index (χ3v) is 4.52. The van der Waals surface area contributed by atoms with Crippen LogP contribution in [0.2, 0.25) is 0 Å². The van der Waals surface area contributed by atoms with Crippen LogP contribution in [0.3, 0.4) is 0 Å². The molecule has 1 amide bonds. The number of benzene rings is 1. The van der Waals surface area contributed by atoms with Gasteiger partial charge in [0.2, 0.25) is 0 Å². The molecule has 0 spiro atoms. The Morgan fingerprint density at radius 1 is 1.45 bits per heavy atom. The number of thioether (sulfide) groups is 1. The van der Waals surface area contributed by atoms with Crippen LogP contribution in [-0.4, -0.2) is 42.7 Å². The Hall–Kier alpha value is -1.00. The van der Waals surface area contributed by atoms with Gasteiger partial charge in [-0.25, -0.2) is 0 Å². The Balaban J connectivity index is 2.12. The molecule has 4 heteroatoms. The van der Waals surface area contributed by atoms with Gasteiger partial charge in [0.1, 0.15) is 0 Å². The predicted molar refractivity (Wildman–Crippen MR) is 85.4 cm³/mol. The highest BCUT2D eigenvalue weighted by Gasteiger charge is 2.23. The number of nitrogens with zero attached hydrogens (tertiary/aromatic N) is 1. The summed E-state index contributed by atoms with van der Waals surface area (Å²) in [6.45, 7) is 4.87. The first-order chi connectivity index (χ1) is 9.76. The van der Waals surface area contributed by atoms with E-state index in [9.17, 15) is 4.79 Å². The van der Waals surface area contributed by atoms with Crippen LogP contribution in [-0.2, 0) is 0 Å². The van der Waals surface area contributed by atoms with Crippen molar-refractivity contribution in [2.24, 2.45) is 0 Å². The van der Waals surface area contributed by atoms with Gasteiger partial charge in [-0.1, -0.05) is 19.1 Å². The Labute approximate surface area is 126 Å². The third kappa shape index (κ3) is 3.76. The van der Waals surface area contributed by atoms with Gasteiger partial charge in [-0.05, 0) is 44.2 Å². The lowest BCUT2D eigenvalue weighted by Gasteiger charge is -2.26. The quantitative estimate of drug-likeness (QED) is 0.818. The standard InChI is InChI=1S/C16H24N2OS/c1-3-11-18(12-13-7-6-10-17-13)16(19)14-8-4-5-9-15(14)20-2/h4-5,8-9,13,17H,3,6-7,10-12H2,1-2H3. The van der Waals surface area contributed by atoms with E-state index in [0.29, 0.717) is 6.04 Å². The van der Waals surface area contributed by atoms with E-state index < -0.39 is 0 Å². The van der Waals surface area contributed by atoms with E-state index in [1.165, 1.54) is 12.8 Å². The maximum atomic E-state index is 12.8. The van der Waals surface area contributed by atoms with Crippen molar-refractivity contribution in [1.82, 2.24) is 10.2 Å². The Morgan fingerprint density at radius 3 is 2.90 bits per heavy atom. The Kier molecular flexibility index (Phi) is 5.92. The molecule has 1 N–H and O–H groups in total.